The summed E-state index contributed by atoms with van der Waals surface area (Å²) in [6.45, 7) is 0.314. The summed E-state index contributed by atoms with van der Waals surface area (Å²) in [7, 11) is 1.17. The van der Waals surface area contributed by atoms with Gasteiger partial charge in [-0.2, -0.15) is 0 Å². The number of hydrogen-bond acceptors (Lipinski definition) is 7. The van der Waals surface area contributed by atoms with E-state index in [0.29, 0.717) is 13.0 Å². The van der Waals surface area contributed by atoms with Gasteiger partial charge in [0.05, 0.1) is 32.8 Å². The molecule has 0 aliphatic rings. The quantitative estimate of drug-likeness (QED) is 0.397. The van der Waals surface area contributed by atoms with Crippen molar-refractivity contribution in [3.8, 4) is 0 Å². The predicted molar refractivity (Wildman–Crippen MR) is 100 cm³/mol. The van der Waals surface area contributed by atoms with Crippen molar-refractivity contribution in [2.24, 2.45) is 0 Å². The van der Waals surface area contributed by atoms with Crippen LogP contribution < -0.4 is 5.32 Å². The van der Waals surface area contributed by atoms with Crippen LogP contribution in [0.25, 0.3) is 10.2 Å². The van der Waals surface area contributed by atoms with Crippen molar-refractivity contribution in [3.05, 3.63) is 68.7 Å². The van der Waals surface area contributed by atoms with Gasteiger partial charge >= 0.3 is 5.97 Å². The van der Waals surface area contributed by atoms with Crippen molar-refractivity contribution in [2.45, 2.75) is 6.42 Å². The highest BCUT2D eigenvalue weighted by atomic mass is 32.1. The van der Waals surface area contributed by atoms with E-state index >= 15 is 0 Å². The molecule has 0 unspecified atom stereocenters. The number of ether oxygens (including phenoxy) is 1. The van der Waals surface area contributed by atoms with Crippen molar-refractivity contribution in [1.82, 2.24) is 10.3 Å². The molecule has 0 radical (unpaired) electrons. The molecule has 0 aliphatic carbocycles. The number of para-hydroxylation sites is 1. The summed E-state index contributed by atoms with van der Waals surface area (Å²) >= 11 is 1.55. The van der Waals surface area contributed by atoms with Gasteiger partial charge in [0.2, 0.25) is 0 Å². The second-order valence-corrected chi connectivity index (χ2v) is 6.71. The number of nitrogens with zero attached hydrogens (tertiary/aromatic N) is 2. The summed E-state index contributed by atoms with van der Waals surface area (Å²) in [4.78, 5) is 38.9. The lowest BCUT2D eigenvalue weighted by Gasteiger charge is -2.06. The van der Waals surface area contributed by atoms with Crippen LogP contribution in [0.3, 0.4) is 0 Å². The first-order valence-electron chi connectivity index (χ1n) is 7.98. The van der Waals surface area contributed by atoms with Crippen LogP contribution in [0, 0.1) is 10.1 Å². The highest BCUT2D eigenvalue weighted by molar-refractivity contribution is 7.18. The molecule has 0 saturated heterocycles. The topological polar surface area (TPSA) is 111 Å². The van der Waals surface area contributed by atoms with E-state index in [-0.39, 0.29) is 16.8 Å². The van der Waals surface area contributed by atoms with Gasteiger partial charge in [0.1, 0.15) is 0 Å². The molecule has 8 nitrogen and oxygen atoms in total. The Labute approximate surface area is 157 Å². The number of fused-ring (bicyclic) bond motifs is 1. The van der Waals surface area contributed by atoms with Crippen LogP contribution in [0.4, 0.5) is 5.69 Å². The molecular weight excluding hydrogens is 370 g/mol. The van der Waals surface area contributed by atoms with Gasteiger partial charge in [0.15, 0.2) is 0 Å². The average molecular weight is 385 g/mol. The van der Waals surface area contributed by atoms with Crippen LogP contribution in [0.1, 0.15) is 25.7 Å². The molecule has 9 heteroatoms. The van der Waals surface area contributed by atoms with Crippen LogP contribution >= 0.6 is 11.3 Å². The maximum Gasteiger partial charge on any atom is 0.338 e. The van der Waals surface area contributed by atoms with Gasteiger partial charge in [-0.25, -0.2) is 9.78 Å². The molecular formula is C18H15N3O5S. The lowest BCUT2D eigenvalue weighted by Crippen LogP contribution is -2.26. The first kappa shape index (κ1) is 18.5. The number of non-ortho nitro benzene ring substituents is 1. The van der Waals surface area contributed by atoms with Gasteiger partial charge in [-0.3, -0.25) is 14.9 Å². The number of thiazole rings is 1. The normalized spacial score (nSPS) is 10.6. The van der Waals surface area contributed by atoms with Crippen molar-refractivity contribution in [2.75, 3.05) is 13.7 Å². The predicted octanol–water partition coefficient (Wildman–Crippen LogP) is 2.96. The Morgan fingerprint density at radius 2 is 1.96 bits per heavy atom. The molecule has 3 aromatic rings. The monoisotopic (exact) mass is 385 g/mol. The molecule has 0 aliphatic heterocycles. The summed E-state index contributed by atoms with van der Waals surface area (Å²) < 4.78 is 5.64. The van der Waals surface area contributed by atoms with Crippen LogP contribution in [0.15, 0.2) is 42.5 Å². The third-order valence-electron chi connectivity index (χ3n) is 3.77. The zero-order valence-electron chi connectivity index (χ0n) is 14.3. The number of nitrogens with one attached hydrogen (secondary N) is 1. The molecule has 138 valence electrons. The number of methoxy groups -OCH3 is 1. The van der Waals surface area contributed by atoms with E-state index in [1.54, 1.807) is 11.3 Å². The lowest BCUT2D eigenvalue weighted by molar-refractivity contribution is -0.384. The fourth-order valence-electron chi connectivity index (χ4n) is 2.50. The Bertz CT molecular complexity index is 998. The zero-order valence-corrected chi connectivity index (χ0v) is 15.1. The number of benzene rings is 2. The van der Waals surface area contributed by atoms with E-state index in [1.807, 2.05) is 24.3 Å². The summed E-state index contributed by atoms with van der Waals surface area (Å²) in [5.41, 5.74) is 0.524. The molecule has 1 N–H and O–H groups in total. The first-order valence-corrected chi connectivity index (χ1v) is 8.80. The minimum atomic E-state index is -0.748. The Hall–Kier alpha value is -3.33. The van der Waals surface area contributed by atoms with Gasteiger partial charge in [-0.1, -0.05) is 12.1 Å². The minimum absolute atomic E-state index is 0.0221. The fraction of sp³-hybridized carbons (Fsp3) is 0.167. The molecule has 2 aromatic carbocycles. The standard InChI is InChI=1S/C18H15N3O5S/c1-26-18(23)12-8-11(9-13(10-12)21(24)25)17(22)19-7-6-16-20-14-4-2-3-5-15(14)27-16/h2-5,8-10H,6-7H2,1H3,(H,19,22). The smallest absolute Gasteiger partial charge is 0.338 e. The third-order valence-corrected chi connectivity index (χ3v) is 4.87. The summed E-state index contributed by atoms with van der Waals surface area (Å²) in [6.07, 6.45) is 0.532. The Morgan fingerprint density at radius 1 is 1.22 bits per heavy atom. The van der Waals surface area contributed by atoms with Crippen molar-refractivity contribution < 1.29 is 19.2 Å². The van der Waals surface area contributed by atoms with Crippen molar-refractivity contribution in [3.63, 3.8) is 0 Å². The van der Waals surface area contributed by atoms with E-state index in [1.165, 1.54) is 13.2 Å². The van der Waals surface area contributed by atoms with Gasteiger partial charge in [-0.15, -0.1) is 11.3 Å². The van der Waals surface area contributed by atoms with Gasteiger partial charge in [0, 0.05) is 30.7 Å². The number of amides is 1. The molecule has 0 fully saturated rings. The highest BCUT2D eigenvalue weighted by Gasteiger charge is 2.18. The van der Waals surface area contributed by atoms with E-state index in [2.05, 4.69) is 15.0 Å². The summed E-state index contributed by atoms with van der Waals surface area (Å²) in [6, 6.07) is 11.2. The number of nitro groups is 1. The number of carbonyl (C=O) groups excluding carboxylic acids is 2. The lowest BCUT2D eigenvalue weighted by atomic mass is 10.1. The first-order chi connectivity index (χ1) is 13.0. The minimum Gasteiger partial charge on any atom is -0.465 e. The maximum atomic E-state index is 12.3. The Kier molecular flexibility index (Phi) is 5.41. The van der Waals surface area contributed by atoms with Gasteiger partial charge < -0.3 is 10.1 Å². The molecule has 0 saturated carbocycles. The molecule has 27 heavy (non-hydrogen) atoms. The Morgan fingerprint density at radius 3 is 2.67 bits per heavy atom. The number of esters is 1. The second kappa shape index (κ2) is 7.92. The largest absolute Gasteiger partial charge is 0.465 e. The molecule has 3 rings (SSSR count). The zero-order chi connectivity index (χ0) is 19.4. The van der Waals surface area contributed by atoms with E-state index in [9.17, 15) is 19.7 Å². The van der Waals surface area contributed by atoms with E-state index in [4.69, 9.17) is 0 Å². The van der Waals surface area contributed by atoms with E-state index in [0.717, 1.165) is 27.4 Å². The fourth-order valence-corrected chi connectivity index (χ4v) is 3.46. The van der Waals surface area contributed by atoms with E-state index < -0.39 is 16.8 Å². The van der Waals surface area contributed by atoms with Crippen molar-refractivity contribution in [1.29, 1.82) is 0 Å². The molecule has 1 heterocycles. The SMILES string of the molecule is COC(=O)c1cc(C(=O)NCCc2nc3ccccc3s2)cc([N+](=O)[O-])c1. The number of hydrogen-bond donors (Lipinski definition) is 1. The van der Waals surface area contributed by atoms with Gasteiger partial charge in [0.25, 0.3) is 11.6 Å². The van der Waals surface area contributed by atoms with Crippen LogP contribution in [-0.2, 0) is 11.2 Å². The van der Waals surface area contributed by atoms with Crippen LogP contribution in [0.5, 0.6) is 0 Å². The number of aromatic nitrogens is 1. The second-order valence-electron chi connectivity index (χ2n) is 5.60. The molecule has 1 aromatic heterocycles. The molecule has 1 amide bonds. The summed E-state index contributed by atoms with van der Waals surface area (Å²) in [5, 5.41) is 14.6. The maximum absolute atomic E-state index is 12.3. The van der Waals surface area contributed by atoms with Crippen molar-refractivity contribution >= 4 is 39.1 Å². The molecule has 0 atom stereocenters. The van der Waals surface area contributed by atoms with Crippen LogP contribution in [-0.4, -0.2) is 35.4 Å². The highest BCUT2D eigenvalue weighted by Crippen LogP contribution is 2.22. The Balaban J connectivity index is 1.70. The third kappa shape index (κ3) is 4.26. The average Bonchev–Trinajstić information content (AvgIpc) is 3.09. The molecule has 0 spiro atoms. The molecule has 0 bridgehead atoms. The summed E-state index contributed by atoms with van der Waals surface area (Å²) in [5.74, 6) is -1.26. The van der Waals surface area contributed by atoms with Gasteiger partial charge in [-0.05, 0) is 18.2 Å². The number of rotatable bonds is 6. The van der Waals surface area contributed by atoms with Crippen LogP contribution in [0.2, 0.25) is 0 Å². The number of nitro benzene ring substituents is 1. The number of carbonyl (C=O) groups is 2.